The molecule has 0 aliphatic carbocycles. The summed E-state index contributed by atoms with van der Waals surface area (Å²) in [5.41, 5.74) is 2.65. The zero-order valence-corrected chi connectivity index (χ0v) is 14.8. The van der Waals surface area contributed by atoms with E-state index >= 15 is 0 Å². The van der Waals surface area contributed by atoms with E-state index in [2.05, 4.69) is 25.6 Å². The average molecular weight is 350 g/mol. The van der Waals surface area contributed by atoms with Crippen molar-refractivity contribution in [2.45, 2.75) is 25.3 Å². The lowest BCUT2D eigenvalue weighted by atomic mass is 9.95. The Hall–Kier alpha value is -2.73. The van der Waals surface area contributed by atoms with Crippen molar-refractivity contribution in [1.82, 2.24) is 19.5 Å². The predicted molar refractivity (Wildman–Crippen MR) is 98.0 cm³/mol. The van der Waals surface area contributed by atoms with Gasteiger partial charge in [-0.2, -0.15) is 0 Å². The van der Waals surface area contributed by atoms with Crippen molar-refractivity contribution in [2.75, 3.05) is 20.2 Å². The molecule has 0 N–H and O–H groups in total. The summed E-state index contributed by atoms with van der Waals surface area (Å²) in [7, 11) is 1.41. The van der Waals surface area contributed by atoms with Gasteiger partial charge in [0.2, 0.25) is 0 Å². The van der Waals surface area contributed by atoms with Gasteiger partial charge in [-0.25, -0.2) is 4.79 Å². The van der Waals surface area contributed by atoms with Crippen LogP contribution in [0.2, 0.25) is 0 Å². The van der Waals surface area contributed by atoms with Gasteiger partial charge in [-0.05, 0) is 55.8 Å². The number of rotatable bonds is 4. The van der Waals surface area contributed by atoms with E-state index < -0.39 is 0 Å². The maximum atomic E-state index is 11.7. The van der Waals surface area contributed by atoms with Gasteiger partial charge in [0.25, 0.3) is 0 Å². The molecule has 0 spiro atoms. The van der Waals surface area contributed by atoms with Crippen molar-refractivity contribution in [3.05, 3.63) is 65.6 Å². The van der Waals surface area contributed by atoms with E-state index in [1.54, 1.807) is 6.07 Å². The van der Waals surface area contributed by atoms with E-state index in [0.29, 0.717) is 11.5 Å². The van der Waals surface area contributed by atoms with Gasteiger partial charge in [0.1, 0.15) is 5.82 Å². The Labute approximate surface area is 152 Å². The molecule has 1 saturated heterocycles. The van der Waals surface area contributed by atoms with Crippen LogP contribution in [0.1, 0.15) is 40.5 Å². The van der Waals surface area contributed by atoms with Crippen molar-refractivity contribution in [1.29, 1.82) is 0 Å². The molecule has 134 valence electrons. The Morgan fingerprint density at radius 2 is 2.00 bits per heavy atom. The Bertz CT molecular complexity index is 913. The fourth-order valence-electron chi connectivity index (χ4n) is 3.66. The molecular weight excluding hydrogens is 328 g/mol. The Balaban J connectivity index is 1.40. The molecule has 26 heavy (non-hydrogen) atoms. The number of aromatic nitrogens is 3. The number of likely N-dealkylation sites (tertiary alicyclic amines) is 1. The van der Waals surface area contributed by atoms with Crippen molar-refractivity contribution in [3.63, 3.8) is 0 Å². The van der Waals surface area contributed by atoms with Crippen LogP contribution < -0.4 is 0 Å². The molecule has 1 aromatic carbocycles. The summed E-state index contributed by atoms with van der Waals surface area (Å²) < 4.78 is 6.90. The SMILES string of the molecule is COC(=O)c1cccc(CN2CCC(c3nnc4ccccn34)CC2)c1. The molecule has 0 atom stereocenters. The highest BCUT2D eigenvalue weighted by Gasteiger charge is 2.24. The summed E-state index contributed by atoms with van der Waals surface area (Å²) in [6.07, 6.45) is 4.16. The molecule has 0 unspecified atom stereocenters. The van der Waals surface area contributed by atoms with E-state index in [0.717, 1.165) is 49.5 Å². The van der Waals surface area contributed by atoms with Crippen LogP contribution in [-0.4, -0.2) is 45.7 Å². The number of esters is 1. The minimum Gasteiger partial charge on any atom is -0.465 e. The van der Waals surface area contributed by atoms with Gasteiger partial charge in [-0.1, -0.05) is 18.2 Å². The van der Waals surface area contributed by atoms with E-state index in [-0.39, 0.29) is 5.97 Å². The third-order valence-corrected chi connectivity index (χ3v) is 5.05. The van der Waals surface area contributed by atoms with Gasteiger partial charge in [-0.3, -0.25) is 9.30 Å². The van der Waals surface area contributed by atoms with Crippen molar-refractivity contribution in [2.24, 2.45) is 0 Å². The average Bonchev–Trinajstić information content (AvgIpc) is 3.12. The van der Waals surface area contributed by atoms with Crippen LogP contribution >= 0.6 is 0 Å². The number of pyridine rings is 1. The second kappa shape index (κ2) is 7.25. The van der Waals surface area contributed by atoms with Gasteiger partial charge in [0.15, 0.2) is 5.65 Å². The number of fused-ring (bicyclic) bond motifs is 1. The molecule has 6 nitrogen and oxygen atoms in total. The standard InChI is InChI=1S/C20H22N4O2/c1-26-20(25)17-6-4-5-15(13-17)14-23-11-8-16(9-12-23)19-22-21-18-7-2-3-10-24(18)19/h2-7,10,13,16H,8-9,11-12,14H2,1H3. The van der Waals surface area contributed by atoms with E-state index in [9.17, 15) is 4.79 Å². The molecule has 6 heteroatoms. The van der Waals surface area contributed by atoms with E-state index in [1.807, 2.05) is 36.5 Å². The lowest BCUT2D eigenvalue weighted by Crippen LogP contribution is -2.33. The number of ether oxygens (including phenoxy) is 1. The first-order valence-corrected chi connectivity index (χ1v) is 8.94. The highest BCUT2D eigenvalue weighted by atomic mass is 16.5. The summed E-state index contributed by atoms with van der Waals surface area (Å²) in [5, 5.41) is 8.68. The largest absolute Gasteiger partial charge is 0.465 e. The molecule has 1 aliphatic rings. The maximum Gasteiger partial charge on any atom is 0.337 e. The topological polar surface area (TPSA) is 59.7 Å². The highest BCUT2D eigenvalue weighted by molar-refractivity contribution is 5.89. The lowest BCUT2D eigenvalue weighted by molar-refractivity contribution is 0.0600. The Morgan fingerprint density at radius 1 is 1.15 bits per heavy atom. The number of piperidine rings is 1. The minimum absolute atomic E-state index is 0.288. The first-order valence-electron chi connectivity index (χ1n) is 8.94. The monoisotopic (exact) mass is 350 g/mol. The van der Waals surface area contributed by atoms with Gasteiger partial charge in [-0.15, -0.1) is 10.2 Å². The van der Waals surface area contributed by atoms with Crippen LogP contribution in [0.25, 0.3) is 5.65 Å². The number of benzene rings is 1. The van der Waals surface area contributed by atoms with Crippen LogP contribution in [0.15, 0.2) is 48.7 Å². The molecule has 0 amide bonds. The maximum absolute atomic E-state index is 11.7. The Kier molecular flexibility index (Phi) is 4.67. The number of nitrogens with zero attached hydrogens (tertiary/aromatic N) is 4. The number of methoxy groups -OCH3 is 1. The molecule has 0 bridgehead atoms. The van der Waals surface area contributed by atoms with Gasteiger partial charge in [0, 0.05) is 18.7 Å². The van der Waals surface area contributed by atoms with Crippen molar-refractivity contribution < 1.29 is 9.53 Å². The molecule has 3 heterocycles. The van der Waals surface area contributed by atoms with Crippen LogP contribution in [0, 0.1) is 0 Å². The molecular formula is C20H22N4O2. The summed E-state index contributed by atoms with van der Waals surface area (Å²) >= 11 is 0. The summed E-state index contributed by atoms with van der Waals surface area (Å²) in [6, 6.07) is 13.7. The highest BCUT2D eigenvalue weighted by Crippen LogP contribution is 2.27. The summed E-state index contributed by atoms with van der Waals surface area (Å²) in [4.78, 5) is 14.1. The number of hydrogen-bond donors (Lipinski definition) is 0. The molecule has 0 radical (unpaired) electrons. The summed E-state index contributed by atoms with van der Waals surface area (Å²) in [6.45, 7) is 2.86. The Morgan fingerprint density at radius 3 is 2.81 bits per heavy atom. The van der Waals surface area contributed by atoms with Crippen molar-refractivity contribution >= 4 is 11.6 Å². The number of carbonyl (C=O) groups is 1. The fourth-order valence-corrected chi connectivity index (χ4v) is 3.66. The first-order chi connectivity index (χ1) is 12.7. The third-order valence-electron chi connectivity index (χ3n) is 5.05. The molecule has 1 fully saturated rings. The van der Waals surface area contributed by atoms with Gasteiger partial charge >= 0.3 is 5.97 Å². The first kappa shape index (κ1) is 16.7. The predicted octanol–water partition coefficient (Wildman–Crippen LogP) is 2.90. The second-order valence-electron chi connectivity index (χ2n) is 6.73. The van der Waals surface area contributed by atoms with Crippen molar-refractivity contribution in [3.8, 4) is 0 Å². The molecule has 0 saturated carbocycles. The number of hydrogen-bond acceptors (Lipinski definition) is 5. The zero-order chi connectivity index (χ0) is 17.9. The number of carbonyl (C=O) groups excluding carboxylic acids is 1. The van der Waals surface area contributed by atoms with Crippen LogP contribution in [0.5, 0.6) is 0 Å². The van der Waals surface area contributed by atoms with Crippen LogP contribution in [-0.2, 0) is 11.3 Å². The molecule has 3 aromatic rings. The normalized spacial score (nSPS) is 16.0. The quantitative estimate of drug-likeness (QED) is 0.677. The van der Waals surface area contributed by atoms with Gasteiger partial charge < -0.3 is 4.74 Å². The van der Waals surface area contributed by atoms with E-state index in [4.69, 9.17) is 4.74 Å². The minimum atomic E-state index is -0.288. The fraction of sp³-hybridized carbons (Fsp3) is 0.350. The summed E-state index contributed by atoms with van der Waals surface area (Å²) in [5.74, 6) is 1.21. The third kappa shape index (κ3) is 3.32. The molecule has 4 rings (SSSR count). The van der Waals surface area contributed by atoms with Crippen LogP contribution in [0.4, 0.5) is 0 Å². The van der Waals surface area contributed by atoms with E-state index in [1.165, 1.54) is 7.11 Å². The molecule has 1 aliphatic heterocycles. The lowest BCUT2D eigenvalue weighted by Gasteiger charge is -2.31. The molecule has 2 aromatic heterocycles. The second-order valence-corrected chi connectivity index (χ2v) is 6.73. The smallest absolute Gasteiger partial charge is 0.337 e. The van der Waals surface area contributed by atoms with Gasteiger partial charge in [0.05, 0.1) is 12.7 Å². The van der Waals surface area contributed by atoms with Crippen LogP contribution in [0.3, 0.4) is 0 Å². The zero-order valence-electron chi connectivity index (χ0n) is 14.8.